The Bertz CT molecular complexity index is 314. The number of rotatable bonds is 2. The van der Waals surface area contributed by atoms with Crippen LogP contribution in [0.3, 0.4) is 0 Å². The maximum Gasteiger partial charge on any atom is 0.123 e. The predicted molar refractivity (Wildman–Crippen MR) is 54.6 cm³/mol. The molecule has 0 fully saturated rings. The highest BCUT2D eigenvalue weighted by molar-refractivity contribution is 9.10. The second kappa shape index (κ2) is 3.96. The quantitative estimate of drug-likeness (QED) is 0.813. The summed E-state index contributed by atoms with van der Waals surface area (Å²) in [4.78, 5) is 0.362. The number of hydrogen-bond acceptors (Lipinski definition) is 1. The fraction of sp³-hybridized carbons (Fsp3) is 0.125. The van der Waals surface area contributed by atoms with Gasteiger partial charge in [-0.1, -0.05) is 28.1 Å². The number of halogens is 2. The van der Waals surface area contributed by atoms with Gasteiger partial charge in [0.25, 0.3) is 0 Å². The van der Waals surface area contributed by atoms with Crippen LogP contribution in [0.25, 0.3) is 0 Å². The first kappa shape index (κ1) is 9.61. The Hall–Kier alpha value is -0.480. The monoisotopic (exact) mass is 247 g/mol. The van der Waals surface area contributed by atoms with Gasteiger partial charge in [0, 0.05) is 10.9 Å². The standard InChI is InChI=1S/C8H7BrFNS/c9-7-2-1-6(10)3-5(7)4-8(11)12/h1-3H,4H2,(H2,11,12). The van der Waals surface area contributed by atoms with Crippen LogP contribution in [0.5, 0.6) is 0 Å². The molecule has 0 radical (unpaired) electrons. The average Bonchev–Trinajstić information content (AvgIpc) is 1.96. The highest BCUT2D eigenvalue weighted by atomic mass is 79.9. The summed E-state index contributed by atoms with van der Waals surface area (Å²) in [6, 6.07) is 4.44. The minimum absolute atomic E-state index is 0.274. The summed E-state index contributed by atoms with van der Waals surface area (Å²) in [7, 11) is 0. The first-order valence-corrected chi connectivity index (χ1v) is 4.52. The molecule has 0 amide bonds. The molecule has 1 aromatic carbocycles. The van der Waals surface area contributed by atoms with Gasteiger partial charge < -0.3 is 5.73 Å². The van der Waals surface area contributed by atoms with E-state index in [4.69, 9.17) is 18.0 Å². The van der Waals surface area contributed by atoms with E-state index < -0.39 is 0 Å². The zero-order valence-corrected chi connectivity index (χ0v) is 8.58. The molecule has 1 nitrogen and oxygen atoms in total. The van der Waals surface area contributed by atoms with Gasteiger partial charge >= 0.3 is 0 Å². The molecule has 4 heteroatoms. The maximum atomic E-state index is 12.7. The van der Waals surface area contributed by atoms with Gasteiger partial charge in [-0.15, -0.1) is 0 Å². The second-order valence-electron chi connectivity index (χ2n) is 2.38. The third kappa shape index (κ3) is 2.53. The lowest BCUT2D eigenvalue weighted by atomic mass is 10.1. The van der Waals surface area contributed by atoms with Gasteiger partial charge in [-0.3, -0.25) is 0 Å². The lowest BCUT2D eigenvalue weighted by molar-refractivity contribution is 0.626. The largest absolute Gasteiger partial charge is 0.393 e. The van der Waals surface area contributed by atoms with Crippen LogP contribution in [0, 0.1) is 5.82 Å². The van der Waals surface area contributed by atoms with Crippen molar-refractivity contribution in [3.05, 3.63) is 34.1 Å². The van der Waals surface area contributed by atoms with Crippen LogP contribution in [0.1, 0.15) is 5.56 Å². The van der Waals surface area contributed by atoms with Crippen LogP contribution in [0.4, 0.5) is 4.39 Å². The molecule has 0 saturated heterocycles. The van der Waals surface area contributed by atoms with E-state index in [9.17, 15) is 4.39 Å². The van der Waals surface area contributed by atoms with Crippen LogP contribution in [-0.2, 0) is 6.42 Å². The molecule has 0 atom stereocenters. The summed E-state index contributed by atoms with van der Waals surface area (Å²) in [5, 5.41) is 0. The van der Waals surface area contributed by atoms with E-state index in [1.807, 2.05) is 0 Å². The van der Waals surface area contributed by atoms with E-state index in [1.165, 1.54) is 12.1 Å². The Morgan fingerprint density at radius 2 is 2.25 bits per heavy atom. The van der Waals surface area contributed by atoms with Crippen molar-refractivity contribution in [2.45, 2.75) is 6.42 Å². The van der Waals surface area contributed by atoms with Gasteiger partial charge in [0.15, 0.2) is 0 Å². The number of nitrogens with two attached hydrogens (primary N) is 1. The van der Waals surface area contributed by atoms with Crippen LogP contribution in [-0.4, -0.2) is 4.99 Å². The third-order valence-corrected chi connectivity index (χ3v) is 2.29. The van der Waals surface area contributed by atoms with E-state index in [-0.39, 0.29) is 5.82 Å². The van der Waals surface area contributed by atoms with Gasteiger partial charge in [0.2, 0.25) is 0 Å². The molecule has 1 rings (SSSR count). The van der Waals surface area contributed by atoms with Crippen molar-refractivity contribution in [1.82, 2.24) is 0 Å². The third-order valence-electron chi connectivity index (χ3n) is 1.37. The van der Waals surface area contributed by atoms with Gasteiger partial charge in [-0.2, -0.15) is 0 Å². The lowest BCUT2D eigenvalue weighted by Gasteiger charge is -2.02. The summed E-state index contributed by atoms with van der Waals surface area (Å²) in [6.45, 7) is 0. The molecule has 12 heavy (non-hydrogen) atoms. The SMILES string of the molecule is NC(=S)Cc1cc(F)ccc1Br. The lowest BCUT2D eigenvalue weighted by Crippen LogP contribution is -2.11. The Morgan fingerprint density at radius 3 is 2.83 bits per heavy atom. The summed E-state index contributed by atoms with van der Waals surface area (Å²) in [6.07, 6.45) is 0.424. The van der Waals surface area contributed by atoms with E-state index >= 15 is 0 Å². The Labute approximate surface area is 83.9 Å². The van der Waals surface area contributed by atoms with Crippen LogP contribution >= 0.6 is 28.1 Å². The van der Waals surface area contributed by atoms with Gasteiger partial charge in [-0.05, 0) is 23.8 Å². The van der Waals surface area contributed by atoms with E-state index in [1.54, 1.807) is 6.07 Å². The van der Waals surface area contributed by atoms with E-state index in [2.05, 4.69) is 15.9 Å². The smallest absolute Gasteiger partial charge is 0.123 e. The fourth-order valence-corrected chi connectivity index (χ4v) is 1.41. The summed E-state index contributed by atoms with van der Waals surface area (Å²) in [5.74, 6) is -0.274. The van der Waals surface area contributed by atoms with Crippen LogP contribution in [0.2, 0.25) is 0 Å². The van der Waals surface area contributed by atoms with Crippen molar-refractivity contribution in [1.29, 1.82) is 0 Å². The van der Waals surface area contributed by atoms with Gasteiger partial charge in [0.1, 0.15) is 5.82 Å². The van der Waals surface area contributed by atoms with Gasteiger partial charge in [0.05, 0.1) is 4.99 Å². The minimum atomic E-state index is -0.274. The summed E-state index contributed by atoms with van der Waals surface area (Å²) in [5.41, 5.74) is 6.11. The Kier molecular flexibility index (Phi) is 3.17. The molecule has 0 aliphatic rings. The molecular formula is C8H7BrFNS. The van der Waals surface area contributed by atoms with Crippen molar-refractivity contribution >= 4 is 33.1 Å². The molecule has 0 spiro atoms. The molecule has 0 unspecified atom stereocenters. The normalized spacial score (nSPS) is 9.83. The molecule has 1 aromatic rings. The Balaban J connectivity index is 2.97. The van der Waals surface area contributed by atoms with Crippen molar-refractivity contribution in [3.63, 3.8) is 0 Å². The second-order valence-corrected chi connectivity index (χ2v) is 3.76. The summed E-state index contributed by atoms with van der Waals surface area (Å²) >= 11 is 7.99. The maximum absolute atomic E-state index is 12.7. The number of thiocarbonyl (C=S) groups is 1. The van der Waals surface area contributed by atoms with E-state index in [0.717, 1.165) is 10.0 Å². The fourth-order valence-electron chi connectivity index (χ4n) is 0.866. The predicted octanol–water partition coefficient (Wildman–Crippen LogP) is 2.42. The molecule has 0 aromatic heterocycles. The van der Waals surface area contributed by atoms with Crippen LogP contribution in [0.15, 0.2) is 22.7 Å². The topological polar surface area (TPSA) is 26.0 Å². The summed E-state index contributed by atoms with van der Waals surface area (Å²) < 4.78 is 13.5. The highest BCUT2D eigenvalue weighted by Gasteiger charge is 2.02. The van der Waals surface area contributed by atoms with Crippen molar-refractivity contribution in [2.24, 2.45) is 5.73 Å². The molecule has 0 bridgehead atoms. The molecule has 0 aliphatic carbocycles. The van der Waals surface area contributed by atoms with Crippen molar-refractivity contribution in [2.75, 3.05) is 0 Å². The molecule has 0 aliphatic heterocycles. The molecular weight excluding hydrogens is 241 g/mol. The first-order chi connectivity index (χ1) is 5.59. The zero-order valence-electron chi connectivity index (χ0n) is 6.18. The zero-order chi connectivity index (χ0) is 9.14. The van der Waals surface area contributed by atoms with Crippen molar-refractivity contribution < 1.29 is 4.39 Å². The first-order valence-electron chi connectivity index (χ1n) is 3.32. The molecule has 2 N–H and O–H groups in total. The Morgan fingerprint density at radius 1 is 1.58 bits per heavy atom. The van der Waals surface area contributed by atoms with Crippen molar-refractivity contribution in [3.8, 4) is 0 Å². The number of hydrogen-bond donors (Lipinski definition) is 1. The number of benzene rings is 1. The average molecular weight is 248 g/mol. The minimum Gasteiger partial charge on any atom is -0.393 e. The molecule has 0 saturated carbocycles. The van der Waals surface area contributed by atoms with E-state index in [0.29, 0.717) is 11.4 Å². The molecule has 64 valence electrons. The highest BCUT2D eigenvalue weighted by Crippen LogP contribution is 2.18. The molecule has 0 heterocycles. The van der Waals surface area contributed by atoms with Gasteiger partial charge in [-0.25, -0.2) is 4.39 Å². The van der Waals surface area contributed by atoms with Crippen LogP contribution < -0.4 is 5.73 Å².